The number of nitrogens with two attached hydrogens (primary N) is 2. The van der Waals surface area contributed by atoms with Gasteiger partial charge in [-0.2, -0.15) is 0 Å². The SMILES string of the molecule is CO/N=C(\c1ccc(N)nc1)c1ncc(N)cc1NS(=O)(=O)c1ccc(C(C)(C)C)cc1. The van der Waals surface area contributed by atoms with Gasteiger partial charge in [0, 0.05) is 11.8 Å². The van der Waals surface area contributed by atoms with Gasteiger partial charge in [0.2, 0.25) is 0 Å². The highest BCUT2D eigenvalue weighted by atomic mass is 32.2. The average molecular weight is 455 g/mol. The van der Waals surface area contributed by atoms with E-state index in [4.69, 9.17) is 16.3 Å². The summed E-state index contributed by atoms with van der Waals surface area (Å²) in [6.45, 7) is 6.17. The van der Waals surface area contributed by atoms with E-state index in [9.17, 15) is 8.42 Å². The number of sulfonamides is 1. The highest BCUT2D eigenvalue weighted by Crippen LogP contribution is 2.26. The van der Waals surface area contributed by atoms with Gasteiger partial charge in [-0.1, -0.05) is 38.1 Å². The summed E-state index contributed by atoms with van der Waals surface area (Å²) in [5.41, 5.74) is 13.9. The summed E-state index contributed by atoms with van der Waals surface area (Å²) in [6.07, 6.45) is 2.90. The van der Waals surface area contributed by atoms with Gasteiger partial charge in [0.05, 0.1) is 22.5 Å². The maximum Gasteiger partial charge on any atom is 0.261 e. The van der Waals surface area contributed by atoms with Gasteiger partial charge in [0.25, 0.3) is 10.0 Å². The molecule has 0 spiro atoms. The van der Waals surface area contributed by atoms with E-state index in [2.05, 4.69) is 40.6 Å². The number of rotatable bonds is 6. The van der Waals surface area contributed by atoms with E-state index in [0.29, 0.717) is 11.4 Å². The zero-order valence-electron chi connectivity index (χ0n) is 18.3. The molecule has 0 aliphatic heterocycles. The molecular formula is C22H26N6O3S. The lowest BCUT2D eigenvalue weighted by Crippen LogP contribution is -2.18. The molecule has 2 heterocycles. The van der Waals surface area contributed by atoms with Crippen molar-refractivity contribution in [2.24, 2.45) is 5.16 Å². The van der Waals surface area contributed by atoms with Crippen molar-refractivity contribution in [3.63, 3.8) is 0 Å². The molecule has 0 bridgehead atoms. The molecule has 0 aliphatic carbocycles. The number of nitrogens with zero attached hydrogens (tertiary/aromatic N) is 3. The molecule has 9 nitrogen and oxygen atoms in total. The maximum atomic E-state index is 13.1. The van der Waals surface area contributed by atoms with Crippen LogP contribution < -0.4 is 16.2 Å². The van der Waals surface area contributed by atoms with Crippen molar-refractivity contribution in [2.45, 2.75) is 31.1 Å². The largest absolute Gasteiger partial charge is 0.399 e. The Labute approximate surface area is 187 Å². The molecule has 0 atom stereocenters. The van der Waals surface area contributed by atoms with Crippen molar-refractivity contribution in [3.05, 3.63) is 71.7 Å². The Morgan fingerprint density at radius 2 is 1.72 bits per heavy atom. The number of hydrogen-bond donors (Lipinski definition) is 3. The molecule has 2 aromatic heterocycles. The van der Waals surface area contributed by atoms with Crippen LogP contribution in [0.4, 0.5) is 17.2 Å². The summed E-state index contributed by atoms with van der Waals surface area (Å²) in [6, 6.07) is 11.5. The lowest BCUT2D eigenvalue weighted by atomic mass is 9.87. The molecule has 168 valence electrons. The number of aromatic nitrogens is 2. The highest BCUT2D eigenvalue weighted by Gasteiger charge is 2.22. The Hall–Kier alpha value is -3.66. The van der Waals surface area contributed by atoms with E-state index in [0.717, 1.165) is 5.56 Å². The lowest BCUT2D eigenvalue weighted by Gasteiger charge is -2.19. The van der Waals surface area contributed by atoms with Crippen molar-refractivity contribution >= 4 is 32.9 Å². The van der Waals surface area contributed by atoms with Crippen LogP contribution in [0.2, 0.25) is 0 Å². The summed E-state index contributed by atoms with van der Waals surface area (Å²) in [4.78, 5) is 13.4. The molecule has 5 N–H and O–H groups in total. The van der Waals surface area contributed by atoms with Gasteiger partial charge in [0.1, 0.15) is 24.3 Å². The third-order valence-corrected chi connectivity index (χ3v) is 6.03. The van der Waals surface area contributed by atoms with Gasteiger partial charge in [-0.25, -0.2) is 13.4 Å². The fourth-order valence-electron chi connectivity index (χ4n) is 2.95. The second kappa shape index (κ2) is 8.83. The van der Waals surface area contributed by atoms with E-state index in [1.807, 2.05) is 0 Å². The van der Waals surface area contributed by atoms with E-state index in [1.54, 1.807) is 36.4 Å². The van der Waals surface area contributed by atoms with Gasteiger partial charge in [-0.15, -0.1) is 0 Å². The second-order valence-electron chi connectivity index (χ2n) is 8.14. The van der Waals surface area contributed by atoms with Crippen LogP contribution >= 0.6 is 0 Å². The van der Waals surface area contributed by atoms with Crippen LogP contribution in [-0.2, 0) is 20.3 Å². The Morgan fingerprint density at radius 1 is 1.03 bits per heavy atom. The number of nitrogens with one attached hydrogen (secondary N) is 1. The molecule has 3 aromatic rings. The van der Waals surface area contributed by atoms with Crippen LogP contribution in [0.25, 0.3) is 0 Å². The third-order valence-electron chi connectivity index (χ3n) is 4.65. The van der Waals surface area contributed by atoms with Gasteiger partial charge in [-0.05, 0) is 41.3 Å². The van der Waals surface area contributed by atoms with E-state index < -0.39 is 10.0 Å². The summed E-state index contributed by atoms with van der Waals surface area (Å²) in [7, 11) is -2.55. The van der Waals surface area contributed by atoms with Crippen LogP contribution in [0.15, 0.2) is 64.9 Å². The molecule has 0 amide bonds. The van der Waals surface area contributed by atoms with Gasteiger partial charge in [-0.3, -0.25) is 9.71 Å². The fourth-order valence-corrected chi connectivity index (χ4v) is 4.01. The summed E-state index contributed by atoms with van der Waals surface area (Å²) < 4.78 is 28.8. The fraction of sp³-hybridized carbons (Fsp3) is 0.227. The van der Waals surface area contributed by atoms with Gasteiger partial charge >= 0.3 is 0 Å². The zero-order valence-corrected chi connectivity index (χ0v) is 19.1. The van der Waals surface area contributed by atoms with Crippen molar-refractivity contribution in [1.29, 1.82) is 0 Å². The van der Waals surface area contributed by atoms with Crippen molar-refractivity contribution in [1.82, 2.24) is 9.97 Å². The molecule has 0 radical (unpaired) electrons. The Morgan fingerprint density at radius 3 is 2.28 bits per heavy atom. The molecule has 0 unspecified atom stereocenters. The molecule has 0 aliphatic rings. The summed E-state index contributed by atoms with van der Waals surface area (Å²) in [5, 5.41) is 4.02. The Kier molecular flexibility index (Phi) is 6.35. The van der Waals surface area contributed by atoms with Crippen LogP contribution in [0.1, 0.15) is 37.6 Å². The molecule has 10 heteroatoms. The number of nitrogen functional groups attached to an aromatic ring is 2. The molecule has 32 heavy (non-hydrogen) atoms. The normalized spacial score (nSPS) is 12.4. The zero-order chi connectivity index (χ0) is 23.5. The van der Waals surface area contributed by atoms with Gasteiger partial charge in [0.15, 0.2) is 0 Å². The van der Waals surface area contributed by atoms with Crippen LogP contribution in [0.5, 0.6) is 0 Å². The summed E-state index contributed by atoms with van der Waals surface area (Å²) >= 11 is 0. The highest BCUT2D eigenvalue weighted by molar-refractivity contribution is 7.92. The lowest BCUT2D eigenvalue weighted by molar-refractivity contribution is 0.214. The Balaban J connectivity index is 2.04. The standard InChI is InChI=1S/C22H26N6O3S/c1-22(2,3)15-6-8-17(9-7-15)32(29,30)28-18-11-16(23)13-26-21(18)20(27-31-4)14-5-10-19(24)25-12-14/h5-13,28H,23H2,1-4H3,(H2,24,25)/b27-20+. The van der Waals surface area contributed by atoms with Crippen molar-refractivity contribution in [3.8, 4) is 0 Å². The molecule has 0 fully saturated rings. The number of anilines is 3. The van der Waals surface area contributed by atoms with E-state index in [1.165, 1.54) is 25.6 Å². The first-order chi connectivity index (χ1) is 15.0. The van der Waals surface area contributed by atoms with E-state index in [-0.39, 0.29) is 33.1 Å². The number of oxime groups is 1. The van der Waals surface area contributed by atoms with E-state index >= 15 is 0 Å². The minimum atomic E-state index is -3.93. The number of pyridine rings is 2. The predicted octanol–water partition coefficient (Wildman–Crippen LogP) is 3.14. The van der Waals surface area contributed by atoms with Crippen LogP contribution in [0, 0.1) is 0 Å². The first-order valence-corrected chi connectivity index (χ1v) is 11.2. The number of benzene rings is 1. The molecule has 1 aromatic carbocycles. The Bertz CT molecular complexity index is 1230. The van der Waals surface area contributed by atoms with Crippen molar-refractivity contribution < 1.29 is 13.3 Å². The molecular weight excluding hydrogens is 428 g/mol. The number of hydrogen-bond acceptors (Lipinski definition) is 8. The van der Waals surface area contributed by atoms with Crippen molar-refractivity contribution in [2.75, 3.05) is 23.3 Å². The first kappa shape index (κ1) is 23.0. The minimum absolute atomic E-state index is 0.0979. The van der Waals surface area contributed by atoms with Crippen LogP contribution in [-0.4, -0.2) is 31.2 Å². The molecule has 3 rings (SSSR count). The third kappa shape index (κ3) is 5.14. The quantitative estimate of drug-likeness (QED) is 0.383. The topological polar surface area (TPSA) is 146 Å². The molecule has 0 saturated carbocycles. The maximum absolute atomic E-state index is 13.1. The van der Waals surface area contributed by atoms with Crippen LogP contribution in [0.3, 0.4) is 0 Å². The monoisotopic (exact) mass is 454 g/mol. The smallest absolute Gasteiger partial charge is 0.261 e. The average Bonchev–Trinajstić information content (AvgIpc) is 2.73. The summed E-state index contributed by atoms with van der Waals surface area (Å²) in [5.74, 6) is 0.329. The molecule has 0 saturated heterocycles. The first-order valence-electron chi connectivity index (χ1n) is 9.73. The van der Waals surface area contributed by atoms with Gasteiger partial charge < -0.3 is 16.3 Å². The predicted molar refractivity (Wildman–Crippen MR) is 126 cm³/mol. The minimum Gasteiger partial charge on any atom is -0.399 e. The second-order valence-corrected chi connectivity index (χ2v) is 9.82.